The predicted molar refractivity (Wildman–Crippen MR) is 99.3 cm³/mol. The Labute approximate surface area is 148 Å². The quantitative estimate of drug-likeness (QED) is 0.236. The fourth-order valence-corrected chi connectivity index (χ4v) is 3.66. The smallest absolute Gasteiger partial charge is 0.218 e. The molecule has 0 heterocycles. The molecule has 0 saturated heterocycles. The maximum absolute atomic E-state index is 11.6. The van der Waals surface area contributed by atoms with Gasteiger partial charge in [-0.15, -0.1) is 0 Å². The van der Waals surface area contributed by atoms with Gasteiger partial charge in [-0.05, 0) is 24.6 Å². The number of ether oxygens (including phenoxy) is 2. The molecule has 0 aromatic carbocycles. The lowest BCUT2D eigenvalue weighted by Gasteiger charge is -2.36. The van der Waals surface area contributed by atoms with E-state index < -0.39 is 20.6 Å². The molecule has 24 heavy (non-hydrogen) atoms. The molecule has 0 aromatic heterocycles. The van der Waals surface area contributed by atoms with Crippen LogP contribution in [0.1, 0.15) is 47.5 Å². The monoisotopic (exact) mass is 363 g/mol. The molecule has 7 heteroatoms. The van der Waals surface area contributed by atoms with Gasteiger partial charge in [0.25, 0.3) is 0 Å². The van der Waals surface area contributed by atoms with Gasteiger partial charge in [-0.2, -0.15) is 0 Å². The molecule has 0 aliphatic carbocycles. The van der Waals surface area contributed by atoms with E-state index in [9.17, 15) is 10.1 Å². The van der Waals surface area contributed by atoms with Crippen LogP contribution < -0.4 is 0 Å². The first-order valence-electron chi connectivity index (χ1n) is 8.70. The van der Waals surface area contributed by atoms with Gasteiger partial charge in [-0.1, -0.05) is 34.6 Å². The zero-order valence-electron chi connectivity index (χ0n) is 16.9. The molecule has 0 fully saturated rings. The molecule has 0 saturated carbocycles. The predicted octanol–water partition coefficient (Wildman–Crippen LogP) is 4.32. The van der Waals surface area contributed by atoms with E-state index in [0.29, 0.717) is 19.4 Å². The summed E-state index contributed by atoms with van der Waals surface area (Å²) in [5.74, 6) is -0.193. The van der Waals surface area contributed by atoms with Gasteiger partial charge in [0.1, 0.15) is 0 Å². The van der Waals surface area contributed by atoms with Gasteiger partial charge < -0.3 is 13.9 Å². The van der Waals surface area contributed by atoms with Crippen LogP contribution in [0.3, 0.4) is 0 Å². The normalized spacial score (nSPS) is 16.9. The maximum Gasteiger partial charge on any atom is 0.218 e. The zero-order chi connectivity index (χ0) is 19.1. The first kappa shape index (κ1) is 23.5. The van der Waals surface area contributed by atoms with Crippen molar-refractivity contribution in [2.45, 2.75) is 77.9 Å². The summed E-state index contributed by atoms with van der Waals surface area (Å²) in [5, 5.41) is 11.7. The van der Waals surface area contributed by atoms with Crippen molar-refractivity contribution in [3.63, 3.8) is 0 Å². The van der Waals surface area contributed by atoms with Gasteiger partial charge in [0, 0.05) is 44.0 Å². The summed E-state index contributed by atoms with van der Waals surface area (Å²) in [6, 6.07) is -0.624. The Balaban J connectivity index is 4.71. The highest BCUT2D eigenvalue weighted by Gasteiger charge is 2.38. The van der Waals surface area contributed by atoms with Gasteiger partial charge in [-0.25, -0.2) is 0 Å². The van der Waals surface area contributed by atoms with Crippen LogP contribution in [0.25, 0.3) is 0 Å². The SMILES string of the molecule is COC(C[C@@H](C)C([C@H](C)CCO[Si](C)(C)C(C)(C)C)[N+](=O)[O-])OC. The highest BCUT2D eigenvalue weighted by atomic mass is 28.4. The molecule has 0 bridgehead atoms. The molecule has 1 unspecified atom stereocenters. The van der Waals surface area contributed by atoms with E-state index in [1.807, 2.05) is 13.8 Å². The average molecular weight is 364 g/mol. The Morgan fingerprint density at radius 2 is 1.58 bits per heavy atom. The van der Waals surface area contributed by atoms with Gasteiger partial charge >= 0.3 is 0 Å². The minimum absolute atomic E-state index is 0.0610. The van der Waals surface area contributed by atoms with E-state index in [1.54, 1.807) is 14.2 Å². The number of rotatable bonds is 11. The van der Waals surface area contributed by atoms with E-state index in [1.165, 1.54) is 0 Å². The number of hydrogen-bond acceptors (Lipinski definition) is 5. The molecule has 0 aliphatic heterocycles. The largest absolute Gasteiger partial charge is 0.417 e. The van der Waals surface area contributed by atoms with Gasteiger partial charge in [0.2, 0.25) is 6.04 Å². The average Bonchev–Trinajstić information content (AvgIpc) is 2.42. The second kappa shape index (κ2) is 9.84. The van der Waals surface area contributed by atoms with Crippen LogP contribution in [-0.2, 0) is 13.9 Å². The molecule has 0 radical (unpaired) electrons. The fraction of sp³-hybridized carbons (Fsp3) is 1.00. The van der Waals surface area contributed by atoms with E-state index in [2.05, 4.69) is 33.9 Å². The van der Waals surface area contributed by atoms with Crippen molar-refractivity contribution in [1.82, 2.24) is 0 Å². The van der Waals surface area contributed by atoms with Crippen molar-refractivity contribution in [3.05, 3.63) is 10.1 Å². The first-order valence-corrected chi connectivity index (χ1v) is 11.6. The molecule has 0 rings (SSSR count). The number of nitro groups is 1. The molecule has 144 valence electrons. The van der Waals surface area contributed by atoms with Gasteiger partial charge in [0.05, 0.1) is 0 Å². The van der Waals surface area contributed by atoms with Crippen LogP contribution in [0.5, 0.6) is 0 Å². The fourth-order valence-electron chi connectivity index (χ4n) is 2.60. The van der Waals surface area contributed by atoms with Gasteiger partial charge in [0.15, 0.2) is 14.6 Å². The summed E-state index contributed by atoms with van der Waals surface area (Å²) in [5.41, 5.74) is 0. The maximum atomic E-state index is 11.6. The molecular formula is C17H37NO5Si. The second-order valence-corrected chi connectivity index (χ2v) is 13.1. The molecule has 3 atom stereocenters. The highest BCUT2D eigenvalue weighted by molar-refractivity contribution is 6.74. The summed E-state index contributed by atoms with van der Waals surface area (Å²) in [7, 11) is 1.30. The molecule has 0 aromatic rings. The first-order chi connectivity index (χ1) is 10.9. The summed E-state index contributed by atoms with van der Waals surface area (Å²) >= 11 is 0. The van der Waals surface area contributed by atoms with E-state index in [4.69, 9.17) is 13.9 Å². The lowest BCUT2D eigenvalue weighted by molar-refractivity contribution is -0.542. The summed E-state index contributed by atoms with van der Waals surface area (Å²) in [4.78, 5) is 11.4. The van der Waals surface area contributed by atoms with Crippen LogP contribution in [0.2, 0.25) is 18.1 Å². The van der Waals surface area contributed by atoms with Crippen LogP contribution >= 0.6 is 0 Å². The minimum atomic E-state index is -1.81. The van der Waals surface area contributed by atoms with E-state index in [-0.39, 0.29) is 21.8 Å². The molecular weight excluding hydrogens is 326 g/mol. The van der Waals surface area contributed by atoms with Crippen LogP contribution in [0, 0.1) is 22.0 Å². The van der Waals surface area contributed by atoms with Crippen molar-refractivity contribution in [2.24, 2.45) is 11.8 Å². The Hall–Kier alpha value is -0.503. The van der Waals surface area contributed by atoms with Crippen molar-refractivity contribution in [1.29, 1.82) is 0 Å². The summed E-state index contributed by atoms with van der Waals surface area (Å²) in [6.07, 6.45) is 0.789. The van der Waals surface area contributed by atoms with Crippen molar-refractivity contribution < 1.29 is 18.8 Å². The third kappa shape index (κ3) is 7.17. The Morgan fingerprint density at radius 3 is 1.96 bits per heavy atom. The highest BCUT2D eigenvalue weighted by Crippen LogP contribution is 2.37. The minimum Gasteiger partial charge on any atom is -0.417 e. The summed E-state index contributed by atoms with van der Waals surface area (Å²) < 4.78 is 16.5. The number of nitrogens with zero attached hydrogens (tertiary/aromatic N) is 1. The van der Waals surface area contributed by atoms with E-state index >= 15 is 0 Å². The zero-order valence-corrected chi connectivity index (χ0v) is 17.9. The van der Waals surface area contributed by atoms with Crippen LogP contribution in [0.4, 0.5) is 0 Å². The number of methoxy groups -OCH3 is 2. The van der Waals surface area contributed by atoms with E-state index in [0.717, 1.165) is 0 Å². The van der Waals surface area contributed by atoms with Crippen LogP contribution in [0.15, 0.2) is 0 Å². The third-order valence-electron chi connectivity index (χ3n) is 5.34. The molecule has 0 amide bonds. The lowest BCUT2D eigenvalue weighted by atomic mass is 9.87. The molecule has 0 spiro atoms. The second-order valence-electron chi connectivity index (χ2n) is 8.26. The molecule has 6 nitrogen and oxygen atoms in total. The molecule has 0 N–H and O–H groups in total. The third-order valence-corrected chi connectivity index (χ3v) is 9.88. The van der Waals surface area contributed by atoms with Crippen LogP contribution in [-0.4, -0.2) is 46.4 Å². The Kier molecular flexibility index (Phi) is 9.64. The topological polar surface area (TPSA) is 70.8 Å². The number of hydrogen-bond donors (Lipinski definition) is 0. The molecule has 0 aliphatic rings. The van der Waals surface area contributed by atoms with Crippen molar-refractivity contribution in [2.75, 3.05) is 20.8 Å². The van der Waals surface area contributed by atoms with Crippen molar-refractivity contribution in [3.8, 4) is 0 Å². The Bertz CT molecular complexity index is 380. The van der Waals surface area contributed by atoms with Gasteiger partial charge in [-0.3, -0.25) is 10.1 Å². The summed E-state index contributed by atoms with van der Waals surface area (Å²) in [6.45, 7) is 15.4. The standard InChI is InChI=1S/C17H37NO5Si/c1-13(10-11-23-24(8,9)17(3,4)5)16(18(19)20)14(2)12-15(21-6)22-7/h13-16H,10-12H2,1-9H3/t13-,14-,16?/m1/s1. The Morgan fingerprint density at radius 1 is 1.08 bits per heavy atom. The van der Waals surface area contributed by atoms with Crippen molar-refractivity contribution >= 4 is 8.32 Å². The lowest BCUT2D eigenvalue weighted by Crippen LogP contribution is -2.42.